The van der Waals surface area contributed by atoms with E-state index in [4.69, 9.17) is 0 Å². The lowest BCUT2D eigenvalue weighted by Gasteiger charge is -2.35. The highest BCUT2D eigenvalue weighted by Crippen LogP contribution is 2.33. The third-order valence-corrected chi connectivity index (χ3v) is 4.68. The Morgan fingerprint density at radius 2 is 2.06 bits per heavy atom. The lowest BCUT2D eigenvalue weighted by atomic mass is 9.88. The first-order chi connectivity index (χ1) is 8.39. The van der Waals surface area contributed by atoms with Crippen LogP contribution in [0.1, 0.15) is 33.1 Å². The summed E-state index contributed by atoms with van der Waals surface area (Å²) in [5.41, 5.74) is 0.251. The van der Waals surface area contributed by atoms with Crippen molar-refractivity contribution in [1.29, 1.82) is 0 Å². The zero-order valence-electron chi connectivity index (χ0n) is 12.2. The number of amides is 1. The number of carbonyl (C=O) groups excluding carboxylic acids is 1. The van der Waals surface area contributed by atoms with Crippen molar-refractivity contribution in [2.45, 2.75) is 44.7 Å². The van der Waals surface area contributed by atoms with Gasteiger partial charge in [0.25, 0.3) is 0 Å². The molecule has 0 aromatic rings. The largest absolute Gasteiger partial charge is 0.352 e. The number of likely N-dealkylation sites (N-methyl/N-ethyl adjacent to an activating group) is 1. The monoisotopic (exact) mass is 253 g/mol. The van der Waals surface area contributed by atoms with Crippen LogP contribution >= 0.6 is 0 Å². The maximum Gasteiger partial charge on any atom is 0.234 e. The standard InChI is InChI=1S/C14H27N3O/c1-14(2)11(7-8-17(14)4)9-16(3)10-13(18)15-12-5-6-12/h11-12H,5-10H2,1-4H3,(H,15,18). The molecule has 1 N–H and O–H groups in total. The minimum atomic E-state index is 0.184. The Labute approximate surface area is 111 Å². The molecule has 0 spiro atoms. The molecule has 1 saturated heterocycles. The Morgan fingerprint density at radius 3 is 2.56 bits per heavy atom. The van der Waals surface area contributed by atoms with Crippen molar-refractivity contribution in [2.24, 2.45) is 5.92 Å². The summed E-state index contributed by atoms with van der Waals surface area (Å²) < 4.78 is 0. The summed E-state index contributed by atoms with van der Waals surface area (Å²) in [6.45, 7) is 7.33. The number of carbonyl (C=O) groups is 1. The SMILES string of the molecule is CN(CC(=O)NC1CC1)CC1CCN(C)C1(C)C. The predicted molar refractivity (Wildman–Crippen MR) is 73.5 cm³/mol. The molecule has 1 saturated carbocycles. The molecule has 2 aliphatic rings. The van der Waals surface area contributed by atoms with Crippen LogP contribution in [0.15, 0.2) is 0 Å². The van der Waals surface area contributed by atoms with Gasteiger partial charge in [0.15, 0.2) is 0 Å². The van der Waals surface area contributed by atoms with Crippen molar-refractivity contribution in [3.8, 4) is 0 Å². The van der Waals surface area contributed by atoms with E-state index in [9.17, 15) is 4.79 Å². The van der Waals surface area contributed by atoms with E-state index < -0.39 is 0 Å². The predicted octanol–water partition coefficient (Wildman–Crippen LogP) is 0.927. The van der Waals surface area contributed by atoms with E-state index >= 15 is 0 Å². The molecule has 2 rings (SSSR count). The lowest BCUT2D eigenvalue weighted by molar-refractivity contribution is -0.122. The number of rotatable bonds is 5. The van der Waals surface area contributed by atoms with Crippen LogP contribution in [0.25, 0.3) is 0 Å². The molecule has 18 heavy (non-hydrogen) atoms. The Balaban J connectivity index is 1.76. The zero-order valence-corrected chi connectivity index (χ0v) is 12.2. The number of nitrogens with zero attached hydrogens (tertiary/aromatic N) is 2. The molecule has 1 aliphatic carbocycles. The maximum atomic E-state index is 11.7. The van der Waals surface area contributed by atoms with Crippen molar-refractivity contribution < 1.29 is 4.79 Å². The number of hydrogen-bond donors (Lipinski definition) is 1. The highest BCUT2D eigenvalue weighted by atomic mass is 16.2. The first-order valence-corrected chi connectivity index (χ1v) is 7.08. The van der Waals surface area contributed by atoms with Gasteiger partial charge in [-0.25, -0.2) is 0 Å². The van der Waals surface area contributed by atoms with Crippen molar-refractivity contribution in [2.75, 3.05) is 33.7 Å². The van der Waals surface area contributed by atoms with Crippen LogP contribution in [-0.2, 0) is 4.79 Å². The molecule has 0 aromatic heterocycles. The average Bonchev–Trinajstić information content (AvgIpc) is 3.02. The van der Waals surface area contributed by atoms with Crippen molar-refractivity contribution in [3.63, 3.8) is 0 Å². The Bertz CT molecular complexity index is 312. The molecular weight excluding hydrogens is 226 g/mol. The van der Waals surface area contributed by atoms with Gasteiger partial charge in [0.05, 0.1) is 6.54 Å². The first kappa shape index (κ1) is 13.8. The lowest BCUT2D eigenvalue weighted by Crippen LogP contribution is -2.45. The van der Waals surface area contributed by atoms with Crippen LogP contribution in [0, 0.1) is 5.92 Å². The van der Waals surface area contributed by atoms with Gasteiger partial charge in [-0.15, -0.1) is 0 Å². The second-order valence-electron chi connectivity index (χ2n) is 6.60. The molecular formula is C14H27N3O. The summed E-state index contributed by atoms with van der Waals surface area (Å²) in [6, 6.07) is 0.472. The highest BCUT2D eigenvalue weighted by molar-refractivity contribution is 5.78. The zero-order chi connectivity index (χ0) is 13.3. The quantitative estimate of drug-likeness (QED) is 0.791. The Morgan fingerprint density at radius 1 is 1.39 bits per heavy atom. The smallest absolute Gasteiger partial charge is 0.234 e. The van der Waals surface area contributed by atoms with Crippen LogP contribution in [-0.4, -0.2) is 61.0 Å². The second kappa shape index (κ2) is 5.17. The van der Waals surface area contributed by atoms with Gasteiger partial charge in [-0.2, -0.15) is 0 Å². The van der Waals surface area contributed by atoms with Crippen LogP contribution < -0.4 is 5.32 Å². The summed E-state index contributed by atoms with van der Waals surface area (Å²) in [7, 11) is 4.25. The molecule has 1 atom stereocenters. The van der Waals surface area contributed by atoms with E-state index in [0.717, 1.165) is 19.4 Å². The first-order valence-electron chi connectivity index (χ1n) is 7.08. The van der Waals surface area contributed by atoms with E-state index in [2.05, 4.69) is 43.1 Å². The fraction of sp³-hybridized carbons (Fsp3) is 0.929. The molecule has 4 nitrogen and oxygen atoms in total. The highest BCUT2D eigenvalue weighted by Gasteiger charge is 2.39. The molecule has 1 heterocycles. The molecule has 104 valence electrons. The number of likely N-dealkylation sites (tertiary alicyclic amines) is 1. The summed E-state index contributed by atoms with van der Waals surface area (Å²) in [5, 5.41) is 3.05. The summed E-state index contributed by atoms with van der Waals surface area (Å²) in [4.78, 5) is 16.3. The van der Waals surface area contributed by atoms with Gasteiger partial charge in [0, 0.05) is 18.1 Å². The topological polar surface area (TPSA) is 35.6 Å². The van der Waals surface area contributed by atoms with Gasteiger partial charge in [0.2, 0.25) is 5.91 Å². The average molecular weight is 253 g/mol. The summed E-state index contributed by atoms with van der Waals surface area (Å²) in [5.74, 6) is 0.838. The number of hydrogen-bond acceptors (Lipinski definition) is 3. The van der Waals surface area contributed by atoms with Crippen molar-refractivity contribution >= 4 is 5.91 Å². The van der Waals surface area contributed by atoms with Gasteiger partial charge in [-0.05, 0) is 59.7 Å². The maximum absolute atomic E-state index is 11.7. The van der Waals surface area contributed by atoms with E-state index in [1.165, 1.54) is 13.0 Å². The van der Waals surface area contributed by atoms with Crippen LogP contribution in [0.4, 0.5) is 0 Å². The van der Waals surface area contributed by atoms with Gasteiger partial charge in [-0.1, -0.05) is 0 Å². The Hall–Kier alpha value is -0.610. The summed E-state index contributed by atoms with van der Waals surface area (Å²) in [6.07, 6.45) is 3.56. The third-order valence-electron chi connectivity index (χ3n) is 4.68. The molecule has 1 unspecified atom stereocenters. The van der Waals surface area contributed by atoms with Crippen molar-refractivity contribution in [3.05, 3.63) is 0 Å². The van der Waals surface area contributed by atoms with E-state index in [-0.39, 0.29) is 11.4 Å². The normalized spacial score (nSPS) is 27.7. The molecule has 1 aliphatic heterocycles. The van der Waals surface area contributed by atoms with E-state index in [1.54, 1.807) is 0 Å². The Kier molecular flexibility index (Phi) is 3.97. The van der Waals surface area contributed by atoms with Crippen LogP contribution in [0.2, 0.25) is 0 Å². The van der Waals surface area contributed by atoms with Crippen LogP contribution in [0.5, 0.6) is 0 Å². The number of nitrogens with one attached hydrogen (secondary N) is 1. The third kappa shape index (κ3) is 3.23. The molecule has 1 amide bonds. The van der Waals surface area contributed by atoms with Crippen LogP contribution in [0.3, 0.4) is 0 Å². The van der Waals surface area contributed by atoms with Gasteiger partial charge in [0.1, 0.15) is 0 Å². The fourth-order valence-corrected chi connectivity index (χ4v) is 2.80. The minimum Gasteiger partial charge on any atom is -0.352 e. The van der Waals surface area contributed by atoms with Gasteiger partial charge >= 0.3 is 0 Å². The summed E-state index contributed by atoms with van der Waals surface area (Å²) >= 11 is 0. The molecule has 0 aromatic carbocycles. The minimum absolute atomic E-state index is 0.184. The van der Waals surface area contributed by atoms with Gasteiger partial charge in [-0.3, -0.25) is 9.69 Å². The van der Waals surface area contributed by atoms with E-state index in [1.807, 2.05) is 0 Å². The molecule has 0 radical (unpaired) electrons. The molecule has 2 fully saturated rings. The molecule has 0 bridgehead atoms. The van der Waals surface area contributed by atoms with E-state index in [0.29, 0.717) is 18.5 Å². The van der Waals surface area contributed by atoms with Gasteiger partial charge < -0.3 is 10.2 Å². The molecule has 4 heteroatoms. The second-order valence-corrected chi connectivity index (χ2v) is 6.60. The fourth-order valence-electron chi connectivity index (χ4n) is 2.80. The van der Waals surface area contributed by atoms with Crippen molar-refractivity contribution in [1.82, 2.24) is 15.1 Å².